The van der Waals surface area contributed by atoms with Crippen molar-refractivity contribution in [1.82, 2.24) is 0 Å². The quantitative estimate of drug-likeness (QED) is 0.355. The van der Waals surface area contributed by atoms with E-state index in [4.69, 9.17) is 4.79 Å². The molecule has 0 N–H and O–H groups in total. The molecule has 0 aromatic heterocycles. The zero-order valence-electron chi connectivity index (χ0n) is 6.87. The lowest BCUT2D eigenvalue weighted by Crippen LogP contribution is -1.25. The molecule has 0 aliphatic heterocycles. The molecule has 0 aliphatic rings. The van der Waals surface area contributed by atoms with Gasteiger partial charge in [-0.3, -0.25) is 4.79 Å². The molecule has 0 spiro atoms. The molecule has 0 radical (unpaired) electrons. The summed E-state index contributed by atoms with van der Waals surface area (Å²) in [5.41, 5.74) is 0.444. The average molecular weight is 200 g/mol. The Balaban J connectivity index is -0.0000000246. The van der Waals surface area contributed by atoms with Crippen LogP contribution in [0.5, 0.6) is 0 Å². The molecule has 0 aliphatic carbocycles. The van der Waals surface area contributed by atoms with Gasteiger partial charge in [0.15, 0.2) is 5.62 Å². The summed E-state index contributed by atoms with van der Waals surface area (Å²) >= 11 is 10.7. The van der Waals surface area contributed by atoms with E-state index in [2.05, 4.69) is 37.5 Å². The number of thiocarbonyl (C=S) groups is 1. The van der Waals surface area contributed by atoms with E-state index in [-0.39, 0.29) is 0 Å². The minimum absolute atomic E-state index is 0.444. The summed E-state index contributed by atoms with van der Waals surface area (Å²) in [4.78, 5) is 8.67. The van der Waals surface area contributed by atoms with E-state index >= 15 is 0 Å². The van der Waals surface area contributed by atoms with Crippen LogP contribution >= 0.6 is 37.5 Å². The first-order valence-electron chi connectivity index (χ1n) is 2.99. The molecule has 0 saturated carbocycles. The van der Waals surface area contributed by atoms with Gasteiger partial charge in [-0.25, -0.2) is 0 Å². The zero-order valence-corrected chi connectivity index (χ0v) is 9.47. The van der Waals surface area contributed by atoms with Crippen molar-refractivity contribution in [2.24, 2.45) is 0 Å². The van der Waals surface area contributed by atoms with Crippen molar-refractivity contribution in [2.75, 3.05) is 0 Å². The Morgan fingerprint density at radius 3 is 1.10 bits per heavy atom. The summed E-state index contributed by atoms with van der Waals surface area (Å²) in [6.45, 7) is 8.00. The van der Waals surface area contributed by atoms with Gasteiger partial charge in [0.1, 0.15) is 0 Å². The Labute approximate surface area is 80.4 Å². The van der Waals surface area contributed by atoms with E-state index in [1.807, 2.05) is 27.7 Å². The molecule has 4 heteroatoms. The van der Waals surface area contributed by atoms with Crippen LogP contribution in [0.15, 0.2) is 0 Å². The molecule has 0 saturated heterocycles. The second kappa shape index (κ2) is 112. The van der Waals surface area contributed by atoms with Crippen LogP contribution in [-0.2, 0) is 4.79 Å². The summed E-state index contributed by atoms with van der Waals surface area (Å²) in [5.74, 6) is 0. The highest BCUT2D eigenvalue weighted by molar-refractivity contribution is 8.08. The van der Waals surface area contributed by atoms with E-state index in [0.717, 1.165) is 0 Å². The number of carbonyl (C=O) groups excluding carboxylic acids is 1. The molecule has 64 valence electrons. The van der Waals surface area contributed by atoms with Crippen LogP contribution in [0.25, 0.3) is 0 Å². The van der Waals surface area contributed by atoms with Crippen molar-refractivity contribution in [3.05, 3.63) is 0 Å². The summed E-state index contributed by atoms with van der Waals surface area (Å²) in [6.07, 6.45) is 0. The first-order valence-corrected chi connectivity index (χ1v) is 4.49. The van der Waals surface area contributed by atoms with Gasteiger partial charge in [-0.1, -0.05) is 39.9 Å². The average Bonchev–Trinajstić information content (AvgIpc) is 1.99. The lowest BCUT2D eigenvalue weighted by Gasteiger charge is -1.27. The third kappa shape index (κ3) is 2230. The van der Waals surface area contributed by atoms with E-state index in [1.165, 1.54) is 4.70 Å². The Morgan fingerprint density at radius 1 is 1.10 bits per heavy atom. The van der Waals surface area contributed by atoms with Crippen molar-refractivity contribution in [3.63, 3.8) is 0 Å². The van der Waals surface area contributed by atoms with Gasteiger partial charge in [0, 0.05) is 4.70 Å². The summed E-state index contributed by atoms with van der Waals surface area (Å²) in [7, 11) is 0. The SMILES string of the molecule is CC.CC.O=CS.S=CS. The highest BCUT2D eigenvalue weighted by Crippen LogP contribution is 1.50. The van der Waals surface area contributed by atoms with E-state index in [0.29, 0.717) is 5.62 Å². The molecule has 0 fully saturated rings. The Kier molecular flexibility index (Phi) is 251. The van der Waals surface area contributed by atoms with E-state index in [9.17, 15) is 0 Å². The Bertz CT molecular complexity index is 34.0. The highest BCUT2D eigenvalue weighted by Gasteiger charge is 1.24. The second-order valence-corrected chi connectivity index (χ2v) is 1.26. The predicted octanol–water partition coefficient (Wildman–Crippen LogP) is 3.03. The molecule has 0 heterocycles. The number of hydrogen-bond acceptors (Lipinski definition) is 2. The lowest BCUT2D eigenvalue weighted by atomic mass is 11.0. The largest absolute Gasteiger partial charge is 0.291 e. The molecular weight excluding hydrogens is 184 g/mol. The van der Waals surface area contributed by atoms with Gasteiger partial charge in [0.05, 0.1) is 0 Å². The van der Waals surface area contributed by atoms with Gasteiger partial charge in [-0.2, -0.15) is 0 Å². The molecule has 0 rings (SSSR count). The molecule has 0 bridgehead atoms. The van der Waals surface area contributed by atoms with Crippen molar-refractivity contribution in [1.29, 1.82) is 0 Å². The minimum Gasteiger partial charge on any atom is -0.291 e. The molecular formula is C6H16OS3. The van der Waals surface area contributed by atoms with Crippen LogP contribution in [0.3, 0.4) is 0 Å². The topological polar surface area (TPSA) is 17.1 Å². The van der Waals surface area contributed by atoms with Gasteiger partial charge < -0.3 is 0 Å². The maximum absolute atomic E-state index is 8.67. The zero-order chi connectivity index (χ0) is 9.41. The fourth-order valence-electron chi connectivity index (χ4n) is 0. The highest BCUT2D eigenvalue weighted by atomic mass is 32.1. The normalized spacial score (nSPS) is 3.80. The monoisotopic (exact) mass is 200 g/mol. The summed E-state index contributed by atoms with van der Waals surface area (Å²) in [6, 6.07) is 0. The second-order valence-electron chi connectivity index (χ2n) is 0.211. The summed E-state index contributed by atoms with van der Waals surface area (Å²) < 4.78 is 1.28. The Hall–Kier alpha value is 0.460. The number of carbonyl (C=O) groups is 1. The molecule has 10 heavy (non-hydrogen) atoms. The smallest absolute Gasteiger partial charge is 0.173 e. The molecule has 0 aromatic rings. The van der Waals surface area contributed by atoms with Gasteiger partial charge in [-0.05, 0) is 0 Å². The number of thiol groups is 2. The van der Waals surface area contributed by atoms with Crippen LogP contribution < -0.4 is 0 Å². The van der Waals surface area contributed by atoms with Crippen molar-refractivity contribution in [3.8, 4) is 0 Å². The van der Waals surface area contributed by atoms with Crippen LogP contribution in [-0.4, -0.2) is 10.3 Å². The molecule has 0 unspecified atom stereocenters. The molecule has 0 aromatic carbocycles. The van der Waals surface area contributed by atoms with Crippen LogP contribution in [0.2, 0.25) is 0 Å². The third-order valence-electron chi connectivity index (χ3n) is 0. The molecule has 0 atom stereocenters. The minimum atomic E-state index is 0.444. The maximum atomic E-state index is 8.67. The van der Waals surface area contributed by atoms with E-state index < -0.39 is 0 Å². The number of hydrogen-bond donors (Lipinski definition) is 2. The standard InChI is InChI=1S/2C2H6.CH2OS.CH2S2/c2*1-2;2*2-1-3/h2*1-2H3;2*1H,(H,2,3). The van der Waals surface area contributed by atoms with E-state index in [1.54, 1.807) is 0 Å². The van der Waals surface area contributed by atoms with Crippen LogP contribution in [0.4, 0.5) is 0 Å². The van der Waals surface area contributed by atoms with Crippen LogP contribution in [0, 0.1) is 0 Å². The number of rotatable bonds is 0. The lowest BCUT2D eigenvalue weighted by molar-refractivity contribution is 0.570. The van der Waals surface area contributed by atoms with Gasteiger partial charge in [-0.15, -0.1) is 25.3 Å². The molecule has 1 nitrogen and oxygen atoms in total. The van der Waals surface area contributed by atoms with Gasteiger partial charge in [0.25, 0.3) is 0 Å². The third-order valence-corrected chi connectivity index (χ3v) is 0. The fourth-order valence-corrected chi connectivity index (χ4v) is 0. The maximum Gasteiger partial charge on any atom is 0.173 e. The first-order chi connectivity index (χ1) is 4.83. The van der Waals surface area contributed by atoms with Crippen molar-refractivity contribution < 1.29 is 4.79 Å². The Morgan fingerprint density at radius 2 is 1.10 bits per heavy atom. The molecule has 0 amide bonds. The van der Waals surface area contributed by atoms with Crippen LogP contribution in [0.1, 0.15) is 27.7 Å². The first kappa shape index (κ1) is 22.4. The van der Waals surface area contributed by atoms with Crippen molar-refractivity contribution in [2.45, 2.75) is 27.7 Å². The summed E-state index contributed by atoms with van der Waals surface area (Å²) in [5, 5.41) is 0. The van der Waals surface area contributed by atoms with Gasteiger partial charge >= 0.3 is 0 Å². The fraction of sp³-hybridized carbons (Fsp3) is 0.667. The predicted molar refractivity (Wildman–Crippen MR) is 61.1 cm³/mol. The van der Waals surface area contributed by atoms with Gasteiger partial charge in [0.2, 0.25) is 0 Å². The van der Waals surface area contributed by atoms with Crippen molar-refractivity contribution >= 4 is 47.8 Å².